The highest BCUT2D eigenvalue weighted by molar-refractivity contribution is 5.69. The standard InChI is InChI=1S/C17H23F3N4O2/c1-15(2,3)26-14(25)24-10-16(11-24)4-6-23(7-5-16)13-9-21-12(8-22-13)17(18,19)20/h8-9H,4-7,10-11H2,1-3H3. The number of amides is 1. The van der Waals surface area contributed by atoms with Crippen LogP contribution in [0.3, 0.4) is 0 Å². The van der Waals surface area contributed by atoms with E-state index in [2.05, 4.69) is 9.97 Å². The number of nitrogens with zero attached hydrogens (tertiary/aromatic N) is 4. The fraction of sp³-hybridized carbons (Fsp3) is 0.706. The maximum atomic E-state index is 12.6. The van der Waals surface area contributed by atoms with E-state index in [1.807, 2.05) is 25.7 Å². The molecule has 0 unspecified atom stereocenters. The van der Waals surface area contributed by atoms with Crippen molar-refractivity contribution in [1.82, 2.24) is 14.9 Å². The van der Waals surface area contributed by atoms with E-state index in [4.69, 9.17) is 4.74 Å². The van der Waals surface area contributed by atoms with Gasteiger partial charge in [-0.2, -0.15) is 13.2 Å². The van der Waals surface area contributed by atoms with Gasteiger partial charge in [-0.15, -0.1) is 0 Å². The molecule has 1 amide bonds. The van der Waals surface area contributed by atoms with Crippen LogP contribution in [0.5, 0.6) is 0 Å². The van der Waals surface area contributed by atoms with Crippen LogP contribution in [-0.2, 0) is 10.9 Å². The van der Waals surface area contributed by atoms with E-state index in [9.17, 15) is 18.0 Å². The van der Waals surface area contributed by atoms with Crippen LogP contribution in [0, 0.1) is 5.41 Å². The largest absolute Gasteiger partial charge is 0.444 e. The summed E-state index contributed by atoms with van der Waals surface area (Å²) in [6.45, 7) is 8.20. The fourth-order valence-corrected chi connectivity index (χ4v) is 3.38. The summed E-state index contributed by atoms with van der Waals surface area (Å²) in [6, 6.07) is 0. The van der Waals surface area contributed by atoms with Crippen LogP contribution < -0.4 is 4.90 Å². The molecule has 3 heterocycles. The molecule has 0 radical (unpaired) electrons. The van der Waals surface area contributed by atoms with Crippen LogP contribution in [0.1, 0.15) is 39.3 Å². The van der Waals surface area contributed by atoms with Crippen molar-refractivity contribution in [2.75, 3.05) is 31.1 Å². The van der Waals surface area contributed by atoms with Crippen molar-refractivity contribution in [2.45, 2.75) is 45.4 Å². The second kappa shape index (κ2) is 6.28. The Bertz CT molecular complexity index is 654. The van der Waals surface area contributed by atoms with Gasteiger partial charge in [-0.25, -0.2) is 14.8 Å². The summed E-state index contributed by atoms with van der Waals surface area (Å²) < 4.78 is 43.1. The van der Waals surface area contributed by atoms with Crippen LogP contribution in [0.4, 0.5) is 23.8 Å². The number of hydrogen-bond acceptors (Lipinski definition) is 5. The van der Waals surface area contributed by atoms with Crippen LogP contribution in [0.25, 0.3) is 0 Å². The van der Waals surface area contributed by atoms with Gasteiger partial charge in [-0.3, -0.25) is 0 Å². The average molecular weight is 372 g/mol. The highest BCUT2D eigenvalue weighted by atomic mass is 19.4. The molecule has 1 aromatic heterocycles. The number of rotatable bonds is 1. The van der Waals surface area contributed by atoms with E-state index in [0.29, 0.717) is 32.0 Å². The lowest BCUT2D eigenvalue weighted by atomic mass is 9.72. The van der Waals surface area contributed by atoms with Gasteiger partial charge in [-0.1, -0.05) is 0 Å². The first-order valence-corrected chi connectivity index (χ1v) is 8.60. The Kier molecular flexibility index (Phi) is 4.52. The molecule has 0 atom stereocenters. The maximum absolute atomic E-state index is 12.6. The quantitative estimate of drug-likeness (QED) is 0.757. The Labute approximate surface area is 150 Å². The first kappa shape index (κ1) is 18.7. The van der Waals surface area contributed by atoms with Gasteiger partial charge in [0, 0.05) is 31.6 Å². The summed E-state index contributed by atoms with van der Waals surface area (Å²) >= 11 is 0. The summed E-state index contributed by atoms with van der Waals surface area (Å²) in [6.07, 6.45) is -1.11. The molecular formula is C17H23F3N4O2. The third kappa shape index (κ3) is 4.02. The summed E-state index contributed by atoms with van der Waals surface area (Å²) in [5, 5.41) is 0. The third-order valence-electron chi connectivity index (χ3n) is 4.78. The molecular weight excluding hydrogens is 349 g/mol. The van der Waals surface area contributed by atoms with Crippen molar-refractivity contribution in [2.24, 2.45) is 5.41 Å². The molecule has 0 aliphatic carbocycles. The van der Waals surface area contributed by atoms with E-state index in [-0.39, 0.29) is 11.5 Å². The number of carbonyl (C=O) groups excluding carboxylic acids is 1. The molecule has 2 saturated heterocycles. The number of alkyl halides is 3. The fourth-order valence-electron chi connectivity index (χ4n) is 3.38. The first-order valence-electron chi connectivity index (χ1n) is 8.60. The summed E-state index contributed by atoms with van der Waals surface area (Å²) in [5.74, 6) is 0.455. The van der Waals surface area contributed by atoms with E-state index >= 15 is 0 Å². The predicted molar refractivity (Wildman–Crippen MR) is 88.7 cm³/mol. The Morgan fingerprint density at radius 1 is 1.12 bits per heavy atom. The average Bonchev–Trinajstić information content (AvgIpc) is 2.50. The minimum Gasteiger partial charge on any atom is -0.444 e. The number of piperidine rings is 1. The lowest BCUT2D eigenvalue weighted by Gasteiger charge is -2.53. The molecule has 3 rings (SSSR count). The zero-order chi connectivity index (χ0) is 19.2. The van der Waals surface area contributed by atoms with Gasteiger partial charge in [0.25, 0.3) is 0 Å². The van der Waals surface area contributed by atoms with Crippen LogP contribution in [-0.4, -0.2) is 52.7 Å². The first-order chi connectivity index (χ1) is 12.0. The molecule has 9 heteroatoms. The molecule has 0 bridgehead atoms. The lowest BCUT2D eigenvalue weighted by Crippen LogP contribution is -2.62. The number of halogens is 3. The van der Waals surface area contributed by atoms with E-state index < -0.39 is 17.5 Å². The Hall–Kier alpha value is -2.06. The van der Waals surface area contributed by atoms with Crippen molar-refractivity contribution < 1.29 is 22.7 Å². The van der Waals surface area contributed by atoms with E-state index in [1.54, 1.807) is 4.90 Å². The maximum Gasteiger partial charge on any atom is 0.434 e. The number of ether oxygens (including phenoxy) is 1. The normalized spacial score (nSPS) is 20.1. The van der Waals surface area contributed by atoms with Crippen molar-refractivity contribution in [1.29, 1.82) is 0 Å². The van der Waals surface area contributed by atoms with Gasteiger partial charge in [0.2, 0.25) is 0 Å². The summed E-state index contributed by atoms with van der Waals surface area (Å²) in [5.41, 5.74) is -1.42. The van der Waals surface area contributed by atoms with Gasteiger partial charge >= 0.3 is 12.3 Å². The summed E-state index contributed by atoms with van der Waals surface area (Å²) in [7, 11) is 0. The molecule has 1 spiro atoms. The van der Waals surface area contributed by atoms with Gasteiger partial charge in [0.05, 0.1) is 12.4 Å². The molecule has 2 fully saturated rings. The zero-order valence-corrected chi connectivity index (χ0v) is 15.1. The van der Waals surface area contributed by atoms with Gasteiger partial charge in [-0.05, 0) is 33.6 Å². The van der Waals surface area contributed by atoms with Crippen molar-refractivity contribution in [3.8, 4) is 0 Å². The number of likely N-dealkylation sites (tertiary alicyclic amines) is 1. The summed E-state index contributed by atoms with van der Waals surface area (Å²) in [4.78, 5) is 23.1. The van der Waals surface area contributed by atoms with Crippen LogP contribution in [0.15, 0.2) is 12.4 Å². The van der Waals surface area contributed by atoms with Crippen molar-refractivity contribution in [3.63, 3.8) is 0 Å². The van der Waals surface area contributed by atoms with Crippen LogP contribution in [0.2, 0.25) is 0 Å². The zero-order valence-electron chi connectivity index (χ0n) is 15.1. The number of carbonyl (C=O) groups is 1. The minimum atomic E-state index is -4.48. The van der Waals surface area contributed by atoms with Gasteiger partial charge in [0.15, 0.2) is 5.69 Å². The Balaban J connectivity index is 1.52. The SMILES string of the molecule is CC(C)(C)OC(=O)N1CC2(CCN(c3cnc(C(F)(F)F)cn3)CC2)C1. The molecule has 2 aliphatic rings. The van der Waals surface area contributed by atoms with Crippen LogP contribution >= 0.6 is 0 Å². The van der Waals surface area contributed by atoms with E-state index in [1.165, 1.54) is 6.20 Å². The topological polar surface area (TPSA) is 58.6 Å². The number of hydrogen-bond donors (Lipinski definition) is 0. The number of anilines is 1. The van der Waals surface area contributed by atoms with Gasteiger partial charge in [0.1, 0.15) is 11.4 Å². The molecule has 2 aliphatic heterocycles. The minimum absolute atomic E-state index is 0.0761. The molecule has 6 nitrogen and oxygen atoms in total. The molecule has 0 saturated carbocycles. The highest BCUT2D eigenvalue weighted by Crippen LogP contribution is 2.41. The second-order valence-electron chi connectivity index (χ2n) is 8.08. The Morgan fingerprint density at radius 3 is 2.19 bits per heavy atom. The monoisotopic (exact) mass is 372 g/mol. The lowest BCUT2D eigenvalue weighted by molar-refractivity contribution is -0.141. The van der Waals surface area contributed by atoms with Crippen molar-refractivity contribution >= 4 is 11.9 Å². The second-order valence-corrected chi connectivity index (χ2v) is 8.08. The van der Waals surface area contributed by atoms with E-state index in [0.717, 1.165) is 19.0 Å². The Morgan fingerprint density at radius 2 is 1.73 bits per heavy atom. The molecule has 144 valence electrons. The highest BCUT2D eigenvalue weighted by Gasteiger charge is 2.48. The smallest absolute Gasteiger partial charge is 0.434 e. The predicted octanol–water partition coefficient (Wildman–Crippen LogP) is 3.33. The molecule has 26 heavy (non-hydrogen) atoms. The van der Waals surface area contributed by atoms with Crippen molar-refractivity contribution in [3.05, 3.63) is 18.1 Å². The van der Waals surface area contributed by atoms with Gasteiger partial charge < -0.3 is 14.5 Å². The molecule has 0 aromatic carbocycles. The molecule has 0 N–H and O–H groups in total. The molecule has 1 aromatic rings. The third-order valence-corrected chi connectivity index (χ3v) is 4.78. The number of aromatic nitrogens is 2.